The molecule has 0 fully saturated rings. The topological polar surface area (TPSA) is 26.3 Å². The van der Waals surface area contributed by atoms with Gasteiger partial charge in [-0.3, -0.25) is 4.79 Å². The molecule has 0 saturated heterocycles. The first-order chi connectivity index (χ1) is 6.13. The second-order valence-corrected chi connectivity index (χ2v) is 3.17. The highest BCUT2D eigenvalue weighted by atomic mass is 16.5. The Bertz CT molecular complexity index is 316. The lowest BCUT2D eigenvalue weighted by atomic mass is 10.0. The third kappa shape index (κ3) is 2.58. The maximum Gasteiger partial charge on any atom is 0.309 e. The van der Waals surface area contributed by atoms with Crippen LogP contribution in [0.5, 0.6) is 0 Å². The van der Waals surface area contributed by atoms with Crippen molar-refractivity contribution in [2.75, 3.05) is 7.11 Å². The molecule has 0 saturated carbocycles. The van der Waals surface area contributed by atoms with Gasteiger partial charge in [0.15, 0.2) is 0 Å². The fourth-order valence-corrected chi connectivity index (χ4v) is 1.15. The third-order valence-electron chi connectivity index (χ3n) is 2.15. The van der Waals surface area contributed by atoms with Crippen molar-refractivity contribution in [1.82, 2.24) is 0 Å². The minimum atomic E-state index is -0.191. The van der Waals surface area contributed by atoms with Crippen LogP contribution in [0.3, 0.4) is 0 Å². The van der Waals surface area contributed by atoms with Crippen LogP contribution in [0.2, 0.25) is 0 Å². The molecule has 0 heterocycles. The molecule has 0 aromatic heterocycles. The summed E-state index contributed by atoms with van der Waals surface area (Å²) in [6.45, 7) is 4.09. The van der Waals surface area contributed by atoms with Crippen LogP contribution < -0.4 is 0 Å². The van der Waals surface area contributed by atoms with Gasteiger partial charge in [-0.15, -0.1) is 0 Å². The van der Waals surface area contributed by atoms with Crippen molar-refractivity contribution in [3.8, 4) is 0 Å². The Hall–Kier alpha value is -1.31. The van der Waals surface area contributed by atoms with Crippen molar-refractivity contribution in [3.05, 3.63) is 34.9 Å². The summed E-state index contributed by atoms with van der Waals surface area (Å²) in [5, 5.41) is 0. The summed E-state index contributed by atoms with van der Waals surface area (Å²) in [4.78, 5) is 11.0. The molecule has 1 aromatic carbocycles. The zero-order chi connectivity index (χ0) is 9.84. The Morgan fingerprint density at radius 3 is 2.54 bits per heavy atom. The lowest BCUT2D eigenvalue weighted by Crippen LogP contribution is -2.04. The molecule has 0 aliphatic carbocycles. The van der Waals surface area contributed by atoms with Crippen molar-refractivity contribution in [2.24, 2.45) is 0 Å². The number of carbonyl (C=O) groups excluding carboxylic acids is 1. The van der Waals surface area contributed by atoms with Crippen molar-refractivity contribution in [1.29, 1.82) is 0 Å². The number of hydrogen-bond donors (Lipinski definition) is 0. The first kappa shape index (κ1) is 9.78. The molecular weight excluding hydrogens is 164 g/mol. The van der Waals surface area contributed by atoms with E-state index < -0.39 is 0 Å². The number of hydrogen-bond acceptors (Lipinski definition) is 2. The molecule has 0 spiro atoms. The summed E-state index contributed by atoms with van der Waals surface area (Å²) < 4.78 is 4.59. The average molecular weight is 178 g/mol. The molecule has 0 unspecified atom stereocenters. The Kier molecular flexibility index (Phi) is 3.07. The lowest BCUT2D eigenvalue weighted by molar-refractivity contribution is -0.139. The van der Waals surface area contributed by atoms with Gasteiger partial charge in [0, 0.05) is 0 Å². The van der Waals surface area contributed by atoms with Gasteiger partial charge >= 0.3 is 5.97 Å². The zero-order valence-corrected chi connectivity index (χ0v) is 8.26. The SMILES string of the molecule is COC(=O)Cc1ccc(C)c(C)c1. The number of aryl methyl sites for hydroxylation is 2. The summed E-state index contributed by atoms with van der Waals surface area (Å²) in [6, 6.07) is 6.00. The molecule has 0 bridgehead atoms. The van der Waals surface area contributed by atoms with Gasteiger partial charge in [0.05, 0.1) is 13.5 Å². The van der Waals surface area contributed by atoms with Gasteiger partial charge in [-0.2, -0.15) is 0 Å². The quantitative estimate of drug-likeness (QED) is 0.647. The number of benzene rings is 1. The van der Waals surface area contributed by atoms with Crippen molar-refractivity contribution >= 4 is 5.97 Å². The second kappa shape index (κ2) is 4.08. The van der Waals surface area contributed by atoms with E-state index in [4.69, 9.17) is 0 Å². The van der Waals surface area contributed by atoms with Crippen LogP contribution in [0.25, 0.3) is 0 Å². The van der Waals surface area contributed by atoms with E-state index in [2.05, 4.69) is 11.7 Å². The van der Waals surface area contributed by atoms with E-state index in [0.717, 1.165) is 5.56 Å². The zero-order valence-electron chi connectivity index (χ0n) is 8.26. The smallest absolute Gasteiger partial charge is 0.309 e. The summed E-state index contributed by atoms with van der Waals surface area (Å²) in [5.74, 6) is -0.191. The van der Waals surface area contributed by atoms with E-state index in [9.17, 15) is 4.79 Å². The predicted molar refractivity (Wildman–Crippen MR) is 51.6 cm³/mol. The fraction of sp³-hybridized carbons (Fsp3) is 0.364. The molecule has 13 heavy (non-hydrogen) atoms. The third-order valence-corrected chi connectivity index (χ3v) is 2.15. The summed E-state index contributed by atoms with van der Waals surface area (Å²) in [6.07, 6.45) is 0.359. The highest BCUT2D eigenvalue weighted by Crippen LogP contribution is 2.10. The largest absolute Gasteiger partial charge is 0.469 e. The Balaban J connectivity index is 2.79. The van der Waals surface area contributed by atoms with Crippen LogP contribution in [-0.2, 0) is 16.0 Å². The standard InChI is InChI=1S/C11H14O2/c1-8-4-5-10(6-9(8)2)7-11(12)13-3/h4-6H,7H2,1-3H3. The van der Waals surface area contributed by atoms with Crippen LogP contribution >= 0.6 is 0 Å². The highest BCUT2D eigenvalue weighted by Gasteiger charge is 2.03. The van der Waals surface area contributed by atoms with Crippen molar-refractivity contribution in [3.63, 3.8) is 0 Å². The van der Waals surface area contributed by atoms with Crippen LogP contribution in [0.1, 0.15) is 16.7 Å². The summed E-state index contributed by atoms with van der Waals surface area (Å²) in [5.41, 5.74) is 3.46. The highest BCUT2D eigenvalue weighted by molar-refractivity contribution is 5.72. The normalized spacial score (nSPS) is 9.77. The van der Waals surface area contributed by atoms with Gasteiger partial charge in [-0.1, -0.05) is 18.2 Å². The number of rotatable bonds is 2. The number of methoxy groups -OCH3 is 1. The number of esters is 1. The molecule has 0 radical (unpaired) electrons. The summed E-state index contributed by atoms with van der Waals surface area (Å²) in [7, 11) is 1.41. The van der Waals surface area contributed by atoms with Crippen LogP contribution in [-0.4, -0.2) is 13.1 Å². The first-order valence-electron chi connectivity index (χ1n) is 4.26. The molecule has 2 heteroatoms. The molecule has 70 valence electrons. The van der Waals surface area contributed by atoms with Gasteiger partial charge in [0.25, 0.3) is 0 Å². The molecule has 0 atom stereocenters. The molecule has 0 amide bonds. The second-order valence-electron chi connectivity index (χ2n) is 3.17. The van der Waals surface area contributed by atoms with Gasteiger partial charge in [-0.25, -0.2) is 0 Å². The van der Waals surface area contributed by atoms with Gasteiger partial charge in [0.2, 0.25) is 0 Å². The van der Waals surface area contributed by atoms with Crippen LogP contribution in [0.15, 0.2) is 18.2 Å². The maximum absolute atomic E-state index is 11.0. The Morgan fingerprint density at radius 2 is 2.00 bits per heavy atom. The average Bonchev–Trinajstić information content (AvgIpc) is 2.11. The lowest BCUT2D eigenvalue weighted by Gasteiger charge is -2.03. The van der Waals surface area contributed by atoms with Crippen LogP contribution in [0.4, 0.5) is 0 Å². The number of ether oxygens (including phenoxy) is 1. The van der Waals surface area contributed by atoms with E-state index in [1.807, 2.05) is 25.1 Å². The fourth-order valence-electron chi connectivity index (χ4n) is 1.15. The van der Waals surface area contributed by atoms with E-state index in [1.165, 1.54) is 18.2 Å². The van der Waals surface area contributed by atoms with Gasteiger partial charge in [-0.05, 0) is 30.5 Å². The van der Waals surface area contributed by atoms with E-state index in [-0.39, 0.29) is 5.97 Å². The molecule has 1 rings (SSSR count). The molecule has 0 aliphatic rings. The minimum absolute atomic E-state index is 0.191. The maximum atomic E-state index is 11.0. The van der Waals surface area contributed by atoms with E-state index >= 15 is 0 Å². The predicted octanol–water partition coefficient (Wildman–Crippen LogP) is 2.02. The van der Waals surface area contributed by atoms with E-state index in [1.54, 1.807) is 0 Å². The molecule has 0 N–H and O–H groups in total. The summed E-state index contributed by atoms with van der Waals surface area (Å²) >= 11 is 0. The van der Waals surface area contributed by atoms with Crippen molar-refractivity contribution < 1.29 is 9.53 Å². The molecular formula is C11H14O2. The Labute approximate surface area is 78.5 Å². The van der Waals surface area contributed by atoms with Gasteiger partial charge in [0.1, 0.15) is 0 Å². The molecule has 0 aliphatic heterocycles. The number of carbonyl (C=O) groups is 1. The molecule has 2 nitrogen and oxygen atoms in total. The minimum Gasteiger partial charge on any atom is -0.469 e. The van der Waals surface area contributed by atoms with E-state index in [0.29, 0.717) is 6.42 Å². The van der Waals surface area contributed by atoms with Gasteiger partial charge < -0.3 is 4.74 Å². The Morgan fingerprint density at radius 1 is 1.31 bits per heavy atom. The first-order valence-corrected chi connectivity index (χ1v) is 4.26. The monoisotopic (exact) mass is 178 g/mol. The van der Waals surface area contributed by atoms with Crippen molar-refractivity contribution in [2.45, 2.75) is 20.3 Å². The molecule has 1 aromatic rings. The van der Waals surface area contributed by atoms with Crippen LogP contribution in [0, 0.1) is 13.8 Å².